The molecule has 6 aromatic carbocycles. The SMILES string of the molecule is c1ccc(N(c2ccc3c(c2)sc2ccccc23)c2cc3c4ccccc4oc3c3[nH]c4ccccc4c23)cc1. The predicted molar refractivity (Wildman–Crippen MR) is 171 cm³/mol. The van der Waals surface area contributed by atoms with Crippen molar-refractivity contribution in [2.45, 2.75) is 0 Å². The molecule has 4 heteroatoms. The van der Waals surface area contributed by atoms with E-state index in [9.17, 15) is 0 Å². The molecule has 0 atom stereocenters. The standard InChI is InChI=1S/C36H22N2OS/c1-2-10-22(11-3-1)38(23-18-19-26-25-13-6-9-17-32(25)40-33(26)20-23)30-21-28-24-12-5-8-16-31(24)39-36(28)35-34(30)27-14-4-7-15-29(27)37-35/h1-21,37H. The third kappa shape index (κ3) is 3.05. The predicted octanol–water partition coefficient (Wildman–Crippen LogP) is 11.1. The van der Waals surface area contributed by atoms with Gasteiger partial charge in [-0.1, -0.05) is 78.9 Å². The van der Waals surface area contributed by atoms with Crippen molar-refractivity contribution in [3.05, 3.63) is 127 Å². The number of furan rings is 1. The van der Waals surface area contributed by atoms with Gasteiger partial charge in [-0.3, -0.25) is 0 Å². The van der Waals surface area contributed by atoms with E-state index in [2.05, 4.69) is 125 Å². The first-order valence-corrected chi connectivity index (χ1v) is 14.3. The molecular formula is C36H22N2OS. The van der Waals surface area contributed by atoms with Crippen molar-refractivity contribution in [1.29, 1.82) is 0 Å². The van der Waals surface area contributed by atoms with E-state index >= 15 is 0 Å². The first kappa shape index (κ1) is 21.8. The van der Waals surface area contributed by atoms with Gasteiger partial charge in [0.2, 0.25) is 0 Å². The smallest absolute Gasteiger partial charge is 0.159 e. The molecule has 3 heterocycles. The summed E-state index contributed by atoms with van der Waals surface area (Å²) in [5.41, 5.74) is 7.27. The zero-order valence-corrected chi connectivity index (χ0v) is 22.2. The topological polar surface area (TPSA) is 32.2 Å². The number of hydrogen-bond acceptors (Lipinski definition) is 3. The van der Waals surface area contributed by atoms with Gasteiger partial charge >= 0.3 is 0 Å². The Labute approximate surface area is 233 Å². The summed E-state index contributed by atoms with van der Waals surface area (Å²) in [6, 6.07) is 45.4. The van der Waals surface area contributed by atoms with Crippen molar-refractivity contribution < 1.29 is 4.42 Å². The molecule has 9 aromatic rings. The number of aromatic nitrogens is 1. The Morgan fingerprint density at radius 3 is 2.17 bits per heavy atom. The van der Waals surface area contributed by atoms with Gasteiger partial charge in [-0.15, -0.1) is 11.3 Å². The van der Waals surface area contributed by atoms with Crippen LogP contribution in [0.1, 0.15) is 0 Å². The van der Waals surface area contributed by atoms with Crippen LogP contribution in [0.3, 0.4) is 0 Å². The lowest BCUT2D eigenvalue weighted by Gasteiger charge is -2.26. The Bertz CT molecular complexity index is 2390. The number of fused-ring (bicyclic) bond motifs is 10. The number of anilines is 3. The van der Waals surface area contributed by atoms with Crippen molar-refractivity contribution in [3.63, 3.8) is 0 Å². The Morgan fingerprint density at radius 2 is 1.27 bits per heavy atom. The number of hydrogen-bond donors (Lipinski definition) is 1. The van der Waals surface area contributed by atoms with Crippen molar-refractivity contribution in [1.82, 2.24) is 4.98 Å². The molecule has 3 aromatic heterocycles. The van der Waals surface area contributed by atoms with Crippen LogP contribution in [-0.4, -0.2) is 4.98 Å². The minimum absolute atomic E-state index is 0.893. The second-order valence-electron chi connectivity index (χ2n) is 10.2. The van der Waals surface area contributed by atoms with Crippen LogP contribution in [0.15, 0.2) is 132 Å². The van der Waals surface area contributed by atoms with Crippen LogP contribution in [0, 0.1) is 0 Å². The summed E-state index contributed by atoms with van der Waals surface area (Å²) in [4.78, 5) is 6.11. The average molecular weight is 531 g/mol. The molecule has 0 unspecified atom stereocenters. The monoisotopic (exact) mass is 530 g/mol. The summed E-state index contributed by atoms with van der Waals surface area (Å²) in [6.07, 6.45) is 0. The van der Waals surface area contributed by atoms with Crippen molar-refractivity contribution in [3.8, 4) is 0 Å². The molecular weight excluding hydrogens is 508 g/mol. The molecule has 0 aliphatic carbocycles. The van der Waals surface area contributed by atoms with Crippen molar-refractivity contribution in [2.75, 3.05) is 4.90 Å². The molecule has 0 saturated carbocycles. The quantitative estimate of drug-likeness (QED) is 0.246. The highest BCUT2D eigenvalue weighted by Crippen LogP contribution is 2.47. The summed E-state index contributed by atoms with van der Waals surface area (Å²) in [7, 11) is 0. The maximum Gasteiger partial charge on any atom is 0.159 e. The molecule has 0 bridgehead atoms. The fourth-order valence-corrected chi connectivity index (χ4v) is 7.36. The molecule has 0 spiro atoms. The maximum atomic E-state index is 6.48. The largest absolute Gasteiger partial charge is 0.454 e. The molecule has 9 rings (SSSR count). The Morgan fingerprint density at radius 1 is 0.550 bits per heavy atom. The lowest BCUT2D eigenvalue weighted by Crippen LogP contribution is -2.10. The van der Waals surface area contributed by atoms with E-state index in [0.29, 0.717) is 0 Å². The second kappa shape index (κ2) is 8.22. The minimum Gasteiger partial charge on any atom is -0.454 e. The van der Waals surface area contributed by atoms with Gasteiger partial charge in [-0.2, -0.15) is 0 Å². The first-order chi connectivity index (χ1) is 19.8. The van der Waals surface area contributed by atoms with Gasteiger partial charge in [0.25, 0.3) is 0 Å². The molecule has 188 valence electrons. The average Bonchev–Trinajstić information content (AvgIpc) is 3.69. The van der Waals surface area contributed by atoms with Crippen molar-refractivity contribution >= 4 is 92.3 Å². The normalized spacial score (nSPS) is 12.0. The number of thiophene rings is 1. The summed E-state index contributed by atoms with van der Waals surface area (Å²) < 4.78 is 9.08. The number of nitrogens with zero attached hydrogens (tertiary/aromatic N) is 1. The highest BCUT2D eigenvalue weighted by molar-refractivity contribution is 7.25. The Hall–Kier alpha value is -5.06. The lowest BCUT2D eigenvalue weighted by atomic mass is 10.0. The van der Waals surface area contributed by atoms with E-state index in [-0.39, 0.29) is 0 Å². The minimum atomic E-state index is 0.893. The van der Waals surface area contributed by atoms with Crippen molar-refractivity contribution in [2.24, 2.45) is 0 Å². The number of para-hydroxylation sites is 3. The number of aromatic amines is 1. The second-order valence-corrected chi connectivity index (χ2v) is 11.3. The van der Waals surface area contributed by atoms with E-state index < -0.39 is 0 Å². The molecule has 0 radical (unpaired) electrons. The molecule has 1 N–H and O–H groups in total. The van der Waals surface area contributed by atoms with E-state index in [0.717, 1.165) is 55.4 Å². The number of H-pyrrole nitrogens is 1. The van der Waals surface area contributed by atoms with Crippen LogP contribution >= 0.6 is 11.3 Å². The van der Waals surface area contributed by atoms with Crippen LogP contribution in [-0.2, 0) is 0 Å². The molecule has 0 saturated heterocycles. The lowest BCUT2D eigenvalue weighted by molar-refractivity contribution is 0.672. The summed E-state index contributed by atoms with van der Waals surface area (Å²) in [5.74, 6) is 0. The van der Waals surface area contributed by atoms with E-state index in [1.54, 1.807) is 0 Å². The van der Waals surface area contributed by atoms with Gasteiger partial charge in [-0.05, 0) is 48.5 Å². The van der Waals surface area contributed by atoms with Gasteiger partial charge in [0.1, 0.15) is 5.58 Å². The zero-order chi connectivity index (χ0) is 26.2. The van der Waals surface area contributed by atoms with Gasteiger partial charge in [0.05, 0.1) is 11.2 Å². The maximum absolute atomic E-state index is 6.48. The van der Waals surface area contributed by atoms with Crippen LogP contribution in [0.2, 0.25) is 0 Å². The van der Waals surface area contributed by atoms with E-state index in [1.165, 1.54) is 25.6 Å². The summed E-state index contributed by atoms with van der Waals surface area (Å²) in [6.45, 7) is 0. The molecule has 40 heavy (non-hydrogen) atoms. The number of benzene rings is 6. The van der Waals surface area contributed by atoms with E-state index in [4.69, 9.17) is 4.42 Å². The Balaban J connectivity index is 1.42. The highest BCUT2D eigenvalue weighted by Gasteiger charge is 2.23. The fourth-order valence-electron chi connectivity index (χ4n) is 6.22. The number of rotatable bonds is 3. The van der Waals surface area contributed by atoms with Crippen LogP contribution in [0.25, 0.3) is 63.9 Å². The number of nitrogens with one attached hydrogen (secondary N) is 1. The summed E-state index contributed by atoms with van der Waals surface area (Å²) in [5, 5.41) is 7.17. The van der Waals surface area contributed by atoms with Gasteiger partial charge in [0, 0.05) is 58.6 Å². The molecule has 0 aliphatic rings. The summed E-state index contributed by atoms with van der Waals surface area (Å²) >= 11 is 1.85. The van der Waals surface area contributed by atoms with E-state index in [1.807, 2.05) is 23.5 Å². The highest BCUT2D eigenvalue weighted by atomic mass is 32.1. The molecule has 3 nitrogen and oxygen atoms in total. The molecule has 0 aliphatic heterocycles. The molecule has 0 fully saturated rings. The van der Waals surface area contributed by atoms with Crippen LogP contribution in [0.5, 0.6) is 0 Å². The first-order valence-electron chi connectivity index (χ1n) is 13.4. The third-order valence-corrected chi connectivity index (χ3v) is 9.11. The van der Waals surface area contributed by atoms with Gasteiger partial charge in [-0.25, -0.2) is 0 Å². The van der Waals surface area contributed by atoms with Crippen LogP contribution in [0.4, 0.5) is 17.1 Å². The molecule has 0 amide bonds. The third-order valence-electron chi connectivity index (χ3n) is 7.98. The van der Waals surface area contributed by atoms with Gasteiger partial charge < -0.3 is 14.3 Å². The van der Waals surface area contributed by atoms with Crippen LogP contribution < -0.4 is 4.90 Å². The van der Waals surface area contributed by atoms with Gasteiger partial charge in [0.15, 0.2) is 5.58 Å². The zero-order valence-electron chi connectivity index (χ0n) is 21.4. The Kier molecular flexibility index (Phi) is 4.48. The fraction of sp³-hybridized carbons (Fsp3) is 0.